The highest BCUT2D eigenvalue weighted by molar-refractivity contribution is 5.88. The predicted molar refractivity (Wildman–Crippen MR) is 109 cm³/mol. The van der Waals surface area contributed by atoms with Gasteiger partial charge >= 0.3 is 0 Å². The minimum Gasteiger partial charge on any atom is -0.354 e. The quantitative estimate of drug-likeness (QED) is 0.712. The van der Waals surface area contributed by atoms with Crippen molar-refractivity contribution in [1.82, 2.24) is 10.2 Å². The van der Waals surface area contributed by atoms with E-state index in [0.717, 1.165) is 17.5 Å². The summed E-state index contributed by atoms with van der Waals surface area (Å²) in [6.45, 7) is 6.45. The number of halogens is 1. The van der Waals surface area contributed by atoms with Crippen molar-refractivity contribution in [2.24, 2.45) is 5.92 Å². The van der Waals surface area contributed by atoms with E-state index >= 15 is 0 Å². The topological polar surface area (TPSA) is 49.4 Å². The van der Waals surface area contributed by atoms with E-state index in [9.17, 15) is 14.0 Å². The molecule has 2 aromatic carbocycles. The van der Waals surface area contributed by atoms with E-state index in [1.54, 1.807) is 17.0 Å². The fourth-order valence-corrected chi connectivity index (χ4v) is 3.01. The van der Waals surface area contributed by atoms with Gasteiger partial charge in [-0.1, -0.05) is 63.2 Å². The van der Waals surface area contributed by atoms with Crippen molar-refractivity contribution in [2.75, 3.05) is 6.54 Å². The lowest BCUT2D eigenvalue weighted by Crippen LogP contribution is -2.51. The summed E-state index contributed by atoms with van der Waals surface area (Å²) in [4.78, 5) is 27.6. The zero-order chi connectivity index (χ0) is 20.5. The highest BCUT2D eigenvalue weighted by Crippen LogP contribution is 2.17. The maximum Gasteiger partial charge on any atom is 0.243 e. The summed E-state index contributed by atoms with van der Waals surface area (Å²) in [6, 6.07) is 15.1. The van der Waals surface area contributed by atoms with Crippen LogP contribution >= 0.6 is 0 Å². The average molecular weight is 384 g/mol. The summed E-state index contributed by atoms with van der Waals surface area (Å²) in [5.41, 5.74) is 1.77. The van der Waals surface area contributed by atoms with Crippen molar-refractivity contribution < 1.29 is 14.0 Å². The van der Waals surface area contributed by atoms with Crippen LogP contribution in [0.1, 0.15) is 38.3 Å². The summed E-state index contributed by atoms with van der Waals surface area (Å²) >= 11 is 0. The van der Waals surface area contributed by atoms with Gasteiger partial charge in [0, 0.05) is 25.4 Å². The average Bonchev–Trinajstić information content (AvgIpc) is 2.70. The number of nitrogens with one attached hydrogen (secondary N) is 1. The van der Waals surface area contributed by atoms with Gasteiger partial charge in [-0.15, -0.1) is 0 Å². The van der Waals surface area contributed by atoms with Gasteiger partial charge in [-0.25, -0.2) is 4.39 Å². The fraction of sp³-hybridized carbons (Fsp3) is 0.391. The van der Waals surface area contributed by atoms with Crippen LogP contribution in [0.2, 0.25) is 0 Å². The highest BCUT2D eigenvalue weighted by Gasteiger charge is 2.31. The molecule has 1 N–H and O–H groups in total. The molecule has 5 heteroatoms. The third kappa shape index (κ3) is 6.19. The van der Waals surface area contributed by atoms with Crippen LogP contribution in [0.4, 0.5) is 4.39 Å². The number of benzene rings is 2. The van der Waals surface area contributed by atoms with E-state index in [1.165, 1.54) is 12.1 Å². The fourth-order valence-electron chi connectivity index (χ4n) is 3.01. The third-order valence-corrected chi connectivity index (χ3v) is 4.54. The summed E-state index contributed by atoms with van der Waals surface area (Å²) in [5.74, 6) is -0.844. The first-order chi connectivity index (χ1) is 13.4. The maximum atomic E-state index is 13.3. The molecule has 0 aliphatic carbocycles. The van der Waals surface area contributed by atoms with Crippen LogP contribution in [-0.2, 0) is 22.6 Å². The molecule has 0 bridgehead atoms. The molecule has 4 nitrogen and oxygen atoms in total. The van der Waals surface area contributed by atoms with E-state index in [-0.39, 0.29) is 30.1 Å². The van der Waals surface area contributed by atoms with Gasteiger partial charge in [0.1, 0.15) is 11.9 Å². The van der Waals surface area contributed by atoms with Gasteiger partial charge in [0.05, 0.1) is 0 Å². The van der Waals surface area contributed by atoms with Crippen LogP contribution in [0.5, 0.6) is 0 Å². The minimum atomic E-state index is -0.631. The normalized spacial score (nSPS) is 11.9. The maximum absolute atomic E-state index is 13.3. The molecule has 2 rings (SSSR count). The number of rotatable bonds is 9. The number of hydrogen-bond donors (Lipinski definition) is 1. The molecule has 0 aromatic heterocycles. The van der Waals surface area contributed by atoms with E-state index in [1.807, 2.05) is 51.1 Å². The smallest absolute Gasteiger partial charge is 0.243 e. The van der Waals surface area contributed by atoms with Crippen LogP contribution in [0.15, 0.2) is 54.6 Å². The van der Waals surface area contributed by atoms with Crippen molar-refractivity contribution >= 4 is 11.8 Å². The summed E-state index contributed by atoms with van der Waals surface area (Å²) in [6.07, 6.45) is 1.25. The molecule has 2 aromatic rings. The van der Waals surface area contributed by atoms with Crippen LogP contribution in [-0.4, -0.2) is 29.3 Å². The predicted octanol–water partition coefficient (Wildman–Crippen LogP) is 3.95. The van der Waals surface area contributed by atoms with Crippen LogP contribution in [0.25, 0.3) is 0 Å². The Kier molecular flexibility index (Phi) is 8.18. The molecule has 150 valence electrons. The van der Waals surface area contributed by atoms with Gasteiger partial charge in [0.2, 0.25) is 11.8 Å². The summed E-state index contributed by atoms with van der Waals surface area (Å²) in [7, 11) is 0. The molecule has 28 heavy (non-hydrogen) atoms. The van der Waals surface area contributed by atoms with Gasteiger partial charge in [-0.3, -0.25) is 9.59 Å². The van der Waals surface area contributed by atoms with Crippen LogP contribution < -0.4 is 5.32 Å². The standard InChI is InChI=1S/C23H29FN2O2/c1-4-14-25-22(27)21(15-18-8-6-5-7-9-18)26(23(28)17(2)3)16-19-10-12-20(24)13-11-19/h5-13,17,21H,4,14-16H2,1-3H3,(H,25,27)/t21-/m1/s1. The van der Waals surface area contributed by atoms with E-state index in [0.29, 0.717) is 13.0 Å². The molecule has 0 unspecified atom stereocenters. The van der Waals surface area contributed by atoms with Crippen LogP contribution in [0, 0.1) is 11.7 Å². The minimum absolute atomic E-state index is 0.100. The lowest BCUT2D eigenvalue weighted by Gasteiger charge is -2.32. The van der Waals surface area contributed by atoms with E-state index in [4.69, 9.17) is 0 Å². The van der Waals surface area contributed by atoms with Gasteiger partial charge in [0.25, 0.3) is 0 Å². The second-order valence-corrected chi connectivity index (χ2v) is 7.24. The number of nitrogens with zero attached hydrogens (tertiary/aromatic N) is 1. The molecular weight excluding hydrogens is 355 g/mol. The Labute approximate surface area is 166 Å². The number of amides is 2. The van der Waals surface area contributed by atoms with Crippen molar-refractivity contribution in [2.45, 2.75) is 46.2 Å². The van der Waals surface area contributed by atoms with Crippen molar-refractivity contribution in [3.63, 3.8) is 0 Å². The Morgan fingerprint density at radius 3 is 2.21 bits per heavy atom. The van der Waals surface area contributed by atoms with Gasteiger partial charge in [-0.2, -0.15) is 0 Å². The third-order valence-electron chi connectivity index (χ3n) is 4.54. The second-order valence-electron chi connectivity index (χ2n) is 7.24. The molecule has 0 heterocycles. The number of hydrogen-bond acceptors (Lipinski definition) is 2. The zero-order valence-electron chi connectivity index (χ0n) is 16.8. The van der Waals surface area contributed by atoms with Crippen molar-refractivity contribution in [3.05, 3.63) is 71.5 Å². The molecule has 0 saturated carbocycles. The molecule has 1 atom stereocenters. The van der Waals surface area contributed by atoms with E-state index < -0.39 is 6.04 Å². The van der Waals surface area contributed by atoms with Crippen molar-refractivity contribution in [3.8, 4) is 0 Å². The molecule has 2 amide bonds. The van der Waals surface area contributed by atoms with E-state index in [2.05, 4.69) is 5.32 Å². The van der Waals surface area contributed by atoms with Gasteiger partial charge in [-0.05, 0) is 29.7 Å². The zero-order valence-corrected chi connectivity index (χ0v) is 16.8. The Morgan fingerprint density at radius 1 is 1.00 bits per heavy atom. The molecule has 0 radical (unpaired) electrons. The summed E-state index contributed by atoms with van der Waals surface area (Å²) in [5, 5.41) is 2.93. The molecular formula is C23H29FN2O2. The lowest BCUT2D eigenvalue weighted by atomic mass is 10.0. The summed E-state index contributed by atoms with van der Waals surface area (Å²) < 4.78 is 13.3. The number of carbonyl (C=O) groups is 2. The first-order valence-corrected chi connectivity index (χ1v) is 9.79. The first kappa shape index (κ1) is 21.6. The Balaban J connectivity index is 2.35. The highest BCUT2D eigenvalue weighted by atomic mass is 19.1. The van der Waals surface area contributed by atoms with Crippen LogP contribution in [0.3, 0.4) is 0 Å². The lowest BCUT2D eigenvalue weighted by molar-refractivity contribution is -0.143. The monoisotopic (exact) mass is 384 g/mol. The Hall–Kier alpha value is -2.69. The molecule has 0 saturated heterocycles. The van der Waals surface area contributed by atoms with Crippen molar-refractivity contribution in [1.29, 1.82) is 0 Å². The number of carbonyl (C=O) groups excluding carboxylic acids is 2. The largest absolute Gasteiger partial charge is 0.354 e. The van der Waals surface area contributed by atoms with Gasteiger partial charge in [0.15, 0.2) is 0 Å². The first-order valence-electron chi connectivity index (χ1n) is 9.79. The molecule has 0 spiro atoms. The molecule has 0 aliphatic heterocycles. The second kappa shape index (κ2) is 10.6. The SMILES string of the molecule is CCCNC(=O)[C@@H](Cc1ccccc1)N(Cc1ccc(F)cc1)C(=O)C(C)C. The molecule has 0 fully saturated rings. The molecule has 0 aliphatic rings. The Morgan fingerprint density at radius 2 is 1.64 bits per heavy atom. The Bertz CT molecular complexity index is 760. The van der Waals surface area contributed by atoms with Gasteiger partial charge < -0.3 is 10.2 Å².